The largest absolute Gasteiger partial charge is 0.454 e. The number of carbonyl (C=O) groups is 3. The van der Waals surface area contributed by atoms with Crippen molar-refractivity contribution in [3.63, 3.8) is 0 Å². The third kappa shape index (κ3) is 4.29. The van der Waals surface area contributed by atoms with Crippen molar-refractivity contribution in [3.8, 4) is 11.5 Å². The molecule has 0 bridgehead atoms. The van der Waals surface area contributed by atoms with Crippen molar-refractivity contribution in [2.75, 3.05) is 18.3 Å². The second-order valence-corrected chi connectivity index (χ2v) is 9.55. The van der Waals surface area contributed by atoms with Crippen molar-refractivity contribution >= 4 is 27.7 Å². The van der Waals surface area contributed by atoms with E-state index in [1.165, 1.54) is 0 Å². The zero-order valence-corrected chi connectivity index (χ0v) is 16.4. The molecule has 2 atom stereocenters. The molecule has 0 spiro atoms. The normalized spacial score (nSPS) is 24.6. The lowest BCUT2D eigenvalue weighted by Gasteiger charge is -2.14. The molecule has 156 valence electrons. The van der Waals surface area contributed by atoms with E-state index in [9.17, 15) is 22.8 Å². The molecule has 29 heavy (non-hydrogen) atoms. The summed E-state index contributed by atoms with van der Waals surface area (Å²) in [5.41, 5.74) is 0.721. The lowest BCUT2D eigenvalue weighted by molar-refractivity contribution is -0.128. The van der Waals surface area contributed by atoms with E-state index in [2.05, 4.69) is 10.6 Å². The number of fused-ring (bicyclic) bond motifs is 1. The van der Waals surface area contributed by atoms with Crippen LogP contribution in [0.15, 0.2) is 18.2 Å². The number of imide groups is 1. The molecule has 2 N–H and O–H groups in total. The number of urea groups is 1. The SMILES string of the molecule is O=C(CC[C@@H]1NC(=O)N(Cc2ccc3c(c2)OCO3)C1=O)N[C@@H]1CCS(=O)(=O)C1. The summed E-state index contributed by atoms with van der Waals surface area (Å²) in [7, 11) is -3.08. The van der Waals surface area contributed by atoms with Crippen LogP contribution in [0.25, 0.3) is 0 Å². The van der Waals surface area contributed by atoms with Crippen LogP contribution in [0.2, 0.25) is 0 Å². The van der Waals surface area contributed by atoms with Gasteiger partial charge in [-0.2, -0.15) is 0 Å². The number of carbonyl (C=O) groups excluding carboxylic acids is 3. The lowest BCUT2D eigenvalue weighted by atomic mass is 10.1. The highest BCUT2D eigenvalue weighted by molar-refractivity contribution is 7.91. The minimum absolute atomic E-state index is 0.0189. The van der Waals surface area contributed by atoms with Gasteiger partial charge in [0.1, 0.15) is 6.04 Å². The minimum atomic E-state index is -3.08. The predicted molar refractivity (Wildman–Crippen MR) is 99.9 cm³/mol. The topological polar surface area (TPSA) is 131 Å². The molecule has 0 aliphatic carbocycles. The van der Waals surface area contributed by atoms with E-state index in [4.69, 9.17) is 9.47 Å². The van der Waals surface area contributed by atoms with Crippen LogP contribution in [0, 0.1) is 0 Å². The summed E-state index contributed by atoms with van der Waals surface area (Å²) in [6, 6.07) is 3.52. The van der Waals surface area contributed by atoms with Gasteiger partial charge in [-0.15, -0.1) is 0 Å². The van der Waals surface area contributed by atoms with Crippen LogP contribution in [0.1, 0.15) is 24.8 Å². The Morgan fingerprint density at radius 2 is 2.03 bits per heavy atom. The van der Waals surface area contributed by atoms with E-state index in [1.807, 2.05) is 0 Å². The van der Waals surface area contributed by atoms with Gasteiger partial charge < -0.3 is 20.1 Å². The van der Waals surface area contributed by atoms with Crippen LogP contribution < -0.4 is 20.1 Å². The molecule has 11 heteroatoms. The zero-order chi connectivity index (χ0) is 20.6. The number of hydrogen-bond acceptors (Lipinski definition) is 7. The third-order valence-electron chi connectivity index (χ3n) is 5.14. The number of sulfone groups is 1. The maximum atomic E-state index is 12.6. The fourth-order valence-corrected chi connectivity index (χ4v) is 5.30. The highest BCUT2D eigenvalue weighted by Gasteiger charge is 2.38. The summed E-state index contributed by atoms with van der Waals surface area (Å²) < 4.78 is 33.5. The summed E-state index contributed by atoms with van der Waals surface area (Å²) in [5.74, 6) is 0.472. The van der Waals surface area contributed by atoms with Crippen molar-refractivity contribution in [2.45, 2.75) is 37.9 Å². The first-order valence-corrected chi connectivity index (χ1v) is 11.1. The number of hydrogen-bond donors (Lipinski definition) is 2. The van der Waals surface area contributed by atoms with Crippen molar-refractivity contribution in [1.29, 1.82) is 0 Å². The number of rotatable bonds is 6. The summed E-state index contributed by atoms with van der Waals surface area (Å²) in [6.07, 6.45) is 0.565. The fourth-order valence-electron chi connectivity index (χ4n) is 3.63. The van der Waals surface area contributed by atoms with Crippen molar-refractivity contribution in [1.82, 2.24) is 15.5 Å². The maximum absolute atomic E-state index is 12.6. The van der Waals surface area contributed by atoms with Crippen molar-refractivity contribution in [3.05, 3.63) is 23.8 Å². The Kier molecular flexibility index (Phi) is 5.07. The molecule has 3 aliphatic heterocycles. The maximum Gasteiger partial charge on any atom is 0.325 e. The molecule has 4 amide bonds. The van der Waals surface area contributed by atoms with Gasteiger partial charge in [0.15, 0.2) is 21.3 Å². The molecule has 1 aromatic carbocycles. The van der Waals surface area contributed by atoms with Crippen LogP contribution in [0.5, 0.6) is 11.5 Å². The molecule has 2 fully saturated rings. The van der Waals surface area contributed by atoms with E-state index < -0.39 is 27.8 Å². The number of amides is 4. The summed E-state index contributed by atoms with van der Waals surface area (Å²) in [4.78, 5) is 37.9. The second-order valence-electron chi connectivity index (χ2n) is 7.32. The predicted octanol–water partition coefficient (Wildman–Crippen LogP) is -0.0808. The Morgan fingerprint density at radius 1 is 1.24 bits per heavy atom. The van der Waals surface area contributed by atoms with E-state index in [-0.39, 0.29) is 49.6 Å². The van der Waals surface area contributed by atoms with E-state index in [0.717, 1.165) is 10.5 Å². The van der Waals surface area contributed by atoms with Crippen LogP contribution in [0.3, 0.4) is 0 Å². The van der Waals surface area contributed by atoms with Gasteiger partial charge in [0.25, 0.3) is 5.91 Å². The molecule has 10 nitrogen and oxygen atoms in total. The smallest absolute Gasteiger partial charge is 0.325 e. The molecular formula is C18H21N3O7S. The highest BCUT2D eigenvalue weighted by atomic mass is 32.2. The summed E-state index contributed by atoms with van der Waals surface area (Å²) in [6.45, 7) is 0.225. The highest BCUT2D eigenvalue weighted by Crippen LogP contribution is 2.33. The van der Waals surface area contributed by atoms with Gasteiger partial charge >= 0.3 is 6.03 Å². The Bertz CT molecular complexity index is 962. The molecule has 0 radical (unpaired) electrons. The molecule has 2 saturated heterocycles. The number of ether oxygens (including phenoxy) is 2. The number of benzene rings is 1. The van der Waals surface area contributed by atoms with Crippen LogP contribution >= 0.6 is 0 Å². The van der Waals surface area contributed by atoms with E-state index >= 15 is 0 Å². The average Bonchev–Trinajstić information content (AvgIpc) is 3.33. The second kappa shape index (κ2) is 7.54. The fraction of sp³-hybridized carbons (Fsp3) is 0.500. The van der Waals surface area contributed by atoms with Crippen molar-refractivity contribution in [2.24, 2.45) is 0 Å². The van der Waals surface area contributed by atoms with Gasteiger partial charge in [0, 0.05) is 12.5 Å². The molecule has 3 aliphatic rings. The standard InChI is InChI=1S/C18H21N3O7S/c22-16(19-12-5-6-29(25,26)9-12)4-2-13-17(23)21(18(24)20-13)8-11-1-3-14-15(7-11)28-10-27-14/h1,3,7,12-13H,2,4-6,8-10H2,(H,19,22)(H,20,24)/t12-,13+/m1/s1. The van der Waals surface area contributed by atoms with Gasteiger partial charge in [0.05, 0.1) is 18.1 Å². The van der Waals surface area contributed by atoms with Gasteiger partial charge in [-0.1, -0.05) is 6.07 Å². The van der Waals surface area contributed by atoms with E-state index in [1.54, 1.807) is 18.2 Å². The molecule has 3 heterocycles. The third-order valence-corrected chi connectivity index (χ3v) is 6.91. The number of nitrogens with one attached hydrogen (secondary N) is 2. The molecule has 0 unspecified atom stereocenters. The molecule has 4 rings (SSSR count). The van der Waals surface area contributed by atoms with Crippen LogP contribution in [-0.2, 0) is 26.0 Å². The first-order valence-electron chi connectivity index (χ1n) is 9.31. The summed E-state index contributed by atoms with van der Waals surface area (Å²) >= 11 is 0. The Morgan fingerprint density at radius 3 is 2.79 bits per heavy atom. The molecule has 0 aromatic heterocycles. The monoisotopic (exact) mass is 423 g/mol. The van der Waals surface area contributed by atoms with Crippen LogP contribution in [0.4, 0.5) is 4.79 Å². The summed E-state index contributed by atoms with van der Waals surface area (Å²) in [5, 5.41) is 5.27. The number of nitrogens with zero attached hydrogens (tertiary/aromatic N) is 1. The van der Waals surface area contributed by atoms with Gasteiger partial charge in [-0.25, -0.2) is 13.2 Å². The van der Waals surface area contributed by atoms with Gasteiger partial charge in [0.2, 0.25) is 12.7 Å². The van der Waals surface area contributed by atoms with Crippen molar-refractivity contribution < 1.29 is 32.3 Å². The molecule has 0 saturated carbocycles. The molecular weight excluding hydrogens is 402 g/mol. The van der Waals surface area contributed by atoms with Gasteiger partial charge in [-0.3, -0.25) is 14.5 Å². The average molecular weight is 423 g/mol. The Hall–Kier alpha value is -2.82. The first kappa shape index (κ1) is 19.5. The minimum Gasteiger partial charge on any atom is -0.454 e. The van der Waals surface area contributed by atoms with Gasteiger partial charge in [-0.05, 0) is 30.5 Å². The Labute approximate surface area is 167 Å². The lowest BCUT2D eigenvalue weighted by Crippen LogP contribution is -2.37. The first-order chi connectivity index (χ1) is 13.8. The van der Waals surface area contributed by atoms with Crippen LogP contribution in [-0.4, -0.2) is 61.5 Å². The zero-order valence-electron chi connectivity index (χ0n) is 15.5. The molecule has 1 aromatic rings. The Balaban J connectivity index is 1.29. The quantitative estimate of drug-likeness (QED) is 0.612. The van der Waals surface area contributed by atoms with E-state index in [0.29, 0.717) is 17.9 Å².